The number of rotatable bonds is 7. The van der Waals surface area contributed by atoms with Crippen LogP contribution in [0, 0.1) is 5.82 Å². The average molecular weight is 462 g/mol. The van der Waals surface area contributed by atoms with Crippen molar-refractivity contribution in [3.05, 3.63) is 34.1 Å². The van der Waals surface area contributed by atoms with Crippen LogP contribution in [0.1, 0.15) is 33.3 Å². The van der Waals surface area contributed by atoms with Gasteiger partial charge in [-0.25, -0.2) is 31.3 Å². The lowest BCUT2D eigenvalue weighted by Gasteiger charge is -2.37. The Bertz CT molecular complexity index is 684. The van der Waals surface area contributed by atoms with Crippen LogP contribution in [0.25, 0.3) is 0 Å². The molecular weight excluding hydrogens is 442 g/mol. The van der Waals surface area contributed by atoms with E-state index in [1.54, 1.807) is 0 Å². The number of nitrogens with one attached hydrogen (secondary N) is 1. The standard InChI is InChI=1S/C16H20BrF4NO3S/c1-5-25-13(23)12(19)16(14(20)21,22-26(24)15(2,3)4)10-8-9(17)6-7-11(10)18/h6-8,12,14,22H,5H2,1-4H3/t12-,16-,26-/m1/s1. The number of esters is 1. The minimum Gasteiger partial charge on any atom is -0.464 e. The molecule has 0 aliphatic carbocycles. The molecule has 1 aromatic rings. The van der Waals surface area contributed by atoms with E-state index in [2.05, 4.69) is 20.7 Å². The Morgan fingerprint density at radius 1 is 1.31 bits per heavy atom. The molecule has 148 valence electrons. The van der Waals surface area contributed by atoms with Crippen molar-refractivity contribution in [1.82, 2.24) is 4.72 Å². The lowest BCUT2D eigenvalue weighted by atomic mass is 9.86. The fourth-order valence-corrected chi connectivity index (χ4v) is 3.31. The maximum absolute atomic E-state index is 15.0. The second kappa shape index (κ2) is 8.79. The number of carbonyl (C=O) groups excluding carboxylic acids is 1. The van der Waals surface area contributed by atoms with Gasteiger partial charge >= 0.3 is 5.97 Å². The predicted molar refractivity (Wildman–Crippen MR) is 94.3 cm³/mol. The molecule has 1 N–H and O–H groups in total. The number of hydrogen-bond acceptors (Lipinski definition) is 3. The van der Waals surface area contributed by atoms with E-state index in [0.717, 1.165) is 12.1 Å². The van der Waals surface area contributed by atoms with Crippen molar-refractivity contribution in [3.63, 3.8) is 0 Å². The summed E-state index contributed by atoms with van der Waals surface area (Å²) in [6, 6.07) is 2.99. The van der Waals surface area contributed by atoms with Crippen LogP contribution in [-0.2, 0) is 26.1 Å². The molecule has 1 aromatic carbocycles. The predicted octanol–water partition coefficient (Wildman–Crippen LogP) is 4.00. The van der Waals surface area contributed by atoms with E-state index in [-0.39, 0.29) is 11.1 Å². The molecule has 0 bridgehead atoms. The summed E-state index contributed by atoms with van der Waals surface area (Å²) in [5, 5.41) is 0. The zero-order chi connectivity index (χ0) is 20.3. The fourth-order valence-electron chi connectivity index (χ4n) is 2.04. The molecule has 0 heterocycles. The molecule has 26 heavy (non-hydrogen) atoms. The van der Waals surface area contributed by atoms with E-state index in [4.69, 9.17) is 0 Å². The normalized spacial score (nSPS) is 16.8. The molecule has 0 fully saturated rings. The van der Waals surface area contributed by atoms with Crippen molar-refractivity contribution >= 4 is 32.9 Å². The maximum atomic E-state index is 15.0. The third-order valence-electron chi connectivity index (χ3n) is 3.43. The number of carbonyl (C=O) groups is 1. The summed E-state index contributed by atoms with van der Waals surface area (Å²) >= 11 is 3.01. The van der Waals surface area contributed by atoms with Crippen LogP contribution >= 0.6 is 15.9 Å². The molecule has 0 aromatic heterocycles. The largest absolute Gasteiger partial charge is 0.464 e. The van der Waals surface area contributed by atoms with Crippen molar-refractivity contribution in [2.24, 2.45) is 0 Å². The summed E-state index contributed by atoms with van der Waals surface area (Å²) in [5.41, 5.74) is -4.03. The smallest absolute Gasteiger partial charge is 0.343 e. The minimum atomic E-state index is -3.61. The molecule has 0 spiro atoms. The molecule has 0 radical (unpaired) electrons. The van der Waals surface area contributed by atoms with Crippen molar-refractivity contribution in [3.8, 4) is 0 Å². The third kappa shape index (κ3) is 4.83. The van der Waals surface area contributed by atoms with Gasteiger partial charge in [0.2, 0.25) is 6.17 Å². The second-order valence-electron chi connectivity index (χ2n) is 6.39. The van der Waals surface area contributed by atoms with Gasteiger partial charge in [-0.15, -0.1) is 0 Å². The lowest BCUT2D eigenvalue weighted by Crippen LogP contribution is -2.60. The first kappa shape index (κ1) is 23.0. The first-order valence-corrected chi connectivity index (χ1v) is 9.56. The quantitative estimate of drug-likeness (QED) is 0.493. The van der Waals surface area contributed by atoms with E-state index in [9.17, 15) is 26.6 Å². The van der Waals surface area contributed by atoms with Crippen molar-refractivity contribution in [2.45, 2.75) is 50.6 Å². The zero-order valence-corrected chi connectivity index (χ0v) is 17.0. The lowest BCUT2D eigenvalue weighted by molar-refractivity contribution is -0.156. The number of ether oxygens (including phenoxy) is 1. The topological polar surface area (TPSA) is 55.4 Å². The van der Waals surface area contributed by atoms with Gasteiger partial charge in [0, 0.05) is 10.0 Å². The first-order valence-electron chi connectivity index (χ1n) is 7.62. The van der Waals surface area contributed by atoms with Gasteiger partial charge in [0.05, 0.1) is 22.3 Å². The van der Waals surface area contributed by atoms with E-state index in [0.29, 0.717) is 0 Å². The molecule has 1 rings (SSSR count). The van der Waals surface area contributed by atoms with Gasteiger partial charge in [-0.2, -0.15) is 0 Å². The molecule has 0 saturated carbocycles. The summed E-state index contributed by atoms with van der Waals surface area (Å²) in [5.74, 6) is -2.79. The number of hydrogen-bond donors (Lipinski definition) is 1. The van der Waals surface area contributed by atoms with Gasteiger partial charge in [0.1, 0.15) is 5.82 Å². The Balaban J connectivity index is 3.68. The molecule has 0 aliphatic heterocycles. The Morgan fingerprint density at radius 2 is 1.88 bits per heavy atom. The Morgan fingerprint density at radius 3 is 2.35 bits per heavy atom. The highest BCUT2D eigenvalue weighted by molar-refractivity contribution is 9.10. The van der Waals surface area contributed by atoms with Crippen LogP contribution in [0.3, 0.4) is 0 Å². The van der Waals surface area contributed by atoms with Crippen molar-refractivity contribution in [1.29, 1.82) is 0 Å². The number of benzene rings is 1. The van der Waals surface area contributed by atoms with E-state index in [1.807, 2.05) is 4.72 Å². The van der Waals surface area contributed by atoms with Crippen LogP contribution in [0.15, 0.2) is 22.7 Å². The molecule has 0 amide bonds. The molecule has 0 saturated heterocycles. The van der Waals surface area contributed by atoms with Crippen LogP contribution in [0.5, 0.6) is 0 Å². The molecule has 0 aliphatic rings. The van der Waals surface area contributed by atoms with Gasteiger partial charge < -0.3 is 4.74 Å². The summed E-state index contributed by atoms with van der Waals surface area (Å²) in [7, 11) is -2.24. The highest BCUT2D eigenvalue weighted by atomic mass is 79.9. The Kier molecular flexibility index (Phi) is 7.79. The van der Waals surface area contributed by atoms with E-state index >= 15 is 0 Å². The molecular formula is C16H20BrF4NO3S. The average Bonchev–Trinajstić information content (AvgIpc) is 2.53. The van der Waals surface area contributed by atoms with Crippen molar-refractivity contribution in [2.75, 3.05) is 6.61 Å². The monoisotopic (exact) mass is 461 g/mol. The summed E-state index contributed by atoms with van der Waals surface area (Å²) in [4.78, 5) is 11.9. The van der Waals surface area contributed by atoms with Gasteiger partial charge in [-0.05, 0) is 45.9 Å². The number of halogens is 5. The van der Waals surface area contributed by atoms with Gasteiger partial charge in [-0.1, -0.05) is 15.9 Å². The van der Waals surface area contributed by atoms with Crippen LogP contribution < -0.4 is 4.72 Å². The minimum absolute atomic E-state index is 0.179. The van der Waals surface area contributed by atoms with Crippen LogP contribution in [0.4, 0.5) is 17.6 Å². The van der Waals surface area contributed by atoms with E-state index < -0.39 is 51.2 Å². The summed E-state index contributed by atoms with van der Waals surface area (Å²) in [6.45, 7) is 5.49. The van der Waals surface area contributed by atoms with Crippen molar-refractivity contribution < 1.29 is 31.3 Å². The van der Waals surface area contributed by atoms with Gasteiger partial charge in [-0.3, -0.25) is 0 Å². The van der Waals surface area contributed by atoms with Gasteiger partial charge in [0.25, 0.3) is 6.43 Å². The first-order chi connectivity index (χ1) is 11.9. The maximum Gasteiger partial charge on any atom is 0.343 e. The van der Waals surface area contributed by atoms with E-state index in [1.165, 1.54) is 33.8 Å². The third-order valence-corrected chi connectivity index (χ3v) is 5.56. The van der Waals surface area contributed by atoms with Gasteiger partial charge in [0.15, 0.2) is 5.54 Å². The number of alkyl halides is 3. The van der Waals surface area contributed by atoms with Crippen LogP contribution in [0.2, 0.25) is 0 Å². The summed E-state index contributed by atoms with van der Waals surface area (Å²) < 4.78 is 75.6. The Labute approximate surface area is 160 Å². The molecule has 0 unspecified atom stereocenters. The molecule has 10 heteroatoms. The van der Waals surface area contributed by atoms with Crippen LogP contribution in [-0.4, -0.2) is 34.1 Å². The highest BCUT2D eigenvalue weighted by Gasteiger charge is 2.56. The SMILES string of the molecule is CCOC(=O)[C@@H](F)[C@](N[S@](=O)C(C)(C)C)(c1cc(Br)ccc1F)C(F)F. The fraction of sp³-hybridized carbons (Fsp3) is 0.562. The summed E-state index contributed by atoms with van der Waals surface area (Å²) in [6.07, 6.45) is -6.62. The molecule has 3 atom stereocenters. The molecule has 4 nitrogen and oxygen atoms in total. The second-order valence-corrected chi connectivity index (χ2v) is 9.27. The Hall–Kier alpha value is -1.00. The highest BCUT2D eigenvalue weighted by Crippen LogP contribution is 2.38. The zero-order valence-electron chi connectivity index (χ0n) is 14.6.